The molecule has 0 spiro atoms. The van der Waals surface area contributed by atoms with Crippen molar-refractivity contribution in [3.8, 4) is 0 Å². The molecule has 0 radical (unpaired) electrons. The zero-order valence-corrected chi connectivity index (χ0v) is 11.0. The minimum absolute atomic E-state index is 0.520. The lowest BCUT2D eigenvalue weighted by atomic mass is 10.1. The van der Waals surface area contributed by atoms with Crippen molar-refractivity contribution in [1.29, 1.82) is 0 Å². The molecule has 2 aromatic rings. The molecular weight excluding hydrogens is 338 g/mol. The highest BCUT2D eigenvalue weighted by Crippen LogP contribution is 2.35. The van der Waals surface area contributed by atoms with Gasteiger partial charge in [-0.15, -0.1) is 22.9 Å². The Labute approximate surface area is 104 Å². The molecule has 0 atom stereocenters. The van der Waals surface area contributed by atoms with Crippen LogP contribution in [0.15, 0.2) is 17.5 Å². The molecule has 0 saturated carbocycles. The van der Waals surface area contributed by atoms with Crippen LogP contribution < -0.4 is 0 Å². The third-order valence-corrected chi connectivity index (χ3v) is 4.53. The summed E-state index contributed by atoms with van der Waals surface area (Å²) in [6.07, 6.45) is 0. The summed E-state index contributed by atoms with van der Waals surface area (Å²) < 4.78 is 2.39. The Hall–Kier alpha value is 0.490. The molecule has 0 aliphatic carbocycles. The third-order valence-electron chi connectivity index (χ3n) is 1.88. The summed E-state index contributed by atoms with van der Waals surface area (Å²) in [6.45, 7) is 0. The van der Waals surface area contributed by atoms with Gasteiger partial charge in [0.05, 0.1) is 5.02 Å². The van der Waals surface area contributed by atoms with Gasteiger partial charge in [0, 0.05) is 24.9 Å². The van der Waals surface area contributed by atoms with E-state index in [4.69, 9.17) is 23.2 Å². The zero-order valence-electron chi connectivity index (χ0n) is 6.48. The molecule has 1 heterocycles. The fourth-order valence-electron chi connectivity index (χ4n) is 1.27. The van der Waals surface area contributed by atoms with Crippen molar-refractivity contribution in [2.45, 2.75) is 5.88 Å². The van der Waals surface area contributed by atoms with Crippen molar-refractivity contribution in [1.82, 2.24) is 0 Å². The van der Waals surface area contributed by atoms with Crippen molar-refractivity contribution < 1.29 is 0 Å². The summed E-state index contributed by atoms with van der Waals surface area (Å²) in [5.41, 5.74) is 1.14. The van der Waals surface area contributed by atoms with Crippen LogP contribution in [-0.2, 0) is 5.88 Å². The minimum Gasteiger partial charge on any atom is -0.142 e. The SMILES string of the molecule is ClCc1c(I)ccc2scc(Cl)c12. The molecule has 68 valence electrons. The smallest absolute Gasteiger partial charge is 0.0595 e. The Morgan fingerprint density at radius 1 is 1.38 bits per heavy atom. The van der Waals surface area contributed by atoms with Gasteiger partial charge in [-0.2, -0.15) is 0 Å². The highest BCUT2D eigenvalue weighted by Gasteiger charge is 2.09. The number of benzene rings is 1. The predicted octanol–water partition coefficient (Wildman–Crippen LogP) is 4.90. The van der Waals surface area contributed by atoms with Crippen LogP contribution in [0.4, 0.5) is 0 Å². The van der Waals surface area contributed by atoms with Gasteiger partial charge in [0.1, 0.15) is 0 Å². The monoisotopic (exact) mass is 342 g/mol. The van der Waals surface area contributed by atoms with E-state index in [-0.39, 0.29) is 0 Å². The minimum atomic E-state index is 0.520. The molecular formula is C9H5Cl2IS. The molecule has 4 heteroatoms. The van der Waals surface area contributed by atoms with Crippen LogP contribution in [0.1, 0.15) is 5.56 Å². The predicted molar refractivity (Wildman–Crippen MR) is 69.1 cm³/mol. The first kappa shape index (κ1) is 10.0. The molecule has 0 nitrogen and oxygen atoms in total. The van der Waals surface area contributed by atoms with Crippen LogP contribution in [0.2, 0.25) is 5.02 Å². The van der Waals surface area contributed by atoms with E-state index in [0.717, 1.165) is 16.0 Å². The van der Waals surface area contributed by atoms with Crippen molar-refractivity contribution in [2.24, 2.45) is 0 Å². The first-order valence-corrected chi connectivity index (χ1v) is 6.51. The summed E-state index contributed by atoms with van der Waals surface area (Å²) in [7, 11) is 0. The van der Waals surface area contributed by atoms with E-state index < -0.39 is 0 Å². The van der Waals surface area contributed by atoms with Gasteiger partial charge < -0.3 is 0 Å². The van der Waals surface area contributed by atoms with E-state index in [1.165, 1.54) is 8.27 Å². The maximum atomic E-state index is 6.08. The topological polar surface area (TPSA) is 0 Å². The molecule has 1 aromatic heterocycles. The normalized spacial score (nSPS) is 11.0. The molecule has 0 fully saturated rings. The molecule has 0 unspecified atom stereocenters. The summed E-state index contributed by atoms with van der Waals surface area (Å²) in [5, 5.41) is 3.89. The molecule has 0 aliphatic heterocycles. The molecule has 13 heavy (non-hydrogen) atoms. The fourth-order valence-corrected chi connectivity index (χ4v) is 3.66. The van der Waals surface area contributed by atoms with Crippen LogP contribution >= 0.6 is 57.1 Å². The van der Waals surface area contributed by atoms with Gasteiger partial charge in [-0.05, 0) is 40.3 Å². The quantitative estimate of drug-likeness (QED) is 0.511. The van der Waals surface area contributed by atoms with E-state index in [1.807, 2.05) is 5.38 Å². The summed E-state index contributed by atoms with van der Waals surface area (Å²) in [4.78, 5) is 0. The van der Waals surface area contributed by atoms with Crippen molar-refractivity contribution in [2.75, 3.05) is 0 Å². The fraction of sp³-hybridized carbons (Fsp3) is 0.111. The van der Waals surface area contributed by atoms with E-state index >= 15 is 0 Å². The van der Waals surface area contributed by atoms with Crippen LogP contribution in [0.25, 0.3) is 10.1 Å². The number of thiophene rings is 1. The van der Waals surface area contributed by atoms with Crippen molar-refractivity contribution in [3.05, 3.63) is 31.7 Å². The maximum Gasteiger partial charge on any atom is 0.0595 e. The second-order valence-corrected chi connectivity index (χ2v) is 5.36. The first-order valence-electron chi connectivity index (χ1n) is 3.64. The van der Waals surface area contributed by atoms with E-state index in [0.29, 0.717) is 5.88 Å². The number of fused-ring (bicyclic) bond motifs is 1. The number of halogens is 3. The first-order chi connectivity index (χ1) is 6.24. The van der Waals surface area contributed by atoms with Crippen molar-refractivity contribution in [3.63, 3.8) is 0 Å². The third kappa shape index (κ3) is 1.69. The van der Waals surface area contributed by atoms with Crippen LogP contribution in [0.5, 0.6) is 0 Å². The second kappa shape index (κ2) is 3.93. The molecule has 0 N–H and O–H groups in total. The average molecular weight is 343 g/mol. The Morgan fingerprint density at radius 3 is 2.85 bits per heavy atom. The maximum absolute atomic E-state index is 6.08. The van der Waals surface area contributed by atoms with Gasteiger partial charge >= 0.3 is 0 Å². The van der Waals surface area contributed by atoms with E-state index in [2.05, 4.69) is 34.7 Å². The zero-order chi connectivity index (χ0) is 9.42. The van der Waals surface area contributed by atoms with Crippen LogP contribution in [0.3, 0.4) is 0 Å². The van der Waals surface area contributed by atoms with Gasteiger partial charge in [-0.25, -0.2) is 0 Å². The molecule has 0 amide bonds. The van der Waals surface area contributed by atoms with Gasteiger partial charge in [-0.1, -0.05) is 11.6 Å². The largest absolute Gasteiger partial charge is 0.142 e. The summed E-state index contributed by atoms with van der Waals surface area (Å²) in [5.74, 6) is 0.520. The Morgan fingerprint density at radius 2 is 2.15 bits per heavy atom. The van der Waals surface area contributed by atoms with Crippen LogP contribution in [-0.4, -0.2) is 0 Å². The van der Waals surface area contributed by atoms with Gasteiger partial charge in [0.2, 0.25) is 0 Å². The Bertz CT molecular complexity index is 450. The number of hydrogen-bond donors (Lipinski definition) is 0. The number of hydrogen-bond acceptors (Lipinski definition) is 1. The van der Waals surface area contributed by atoms with Gasteiger partial charge in [0.25, 0.3) is 0 Å². The van der Waals surface area contributed by atoms with Gasteiger partial charge in [-0.3, -0.25) is 0 Å². The Kier molecular flexibility index (Phi) is 3.03. The molecule has 0 bridgehead atoms. The summed E-state index contributed by atoms with van der Waals surface area (Å²) in [6, 6.07) is 4.16. The van der Waals surface area contributed by atoms with E-state index in [1.54, 1.807) is 11.3 Å². The van der Waals surface area contributed by atoms with E-state index in [9.17, 15) is 0 Å². The van der Waals surface area contributed by atoms with Crippen LogP contribution in [0, 0.1) is 3.57 Å². The lowest BCUT2D eigenvalue weighted by Gasteiger charge is -2.02. The lowest BCUT2D eigenvalue weighted by Crippen LogP contribution is -1.84. The highest BCUT2D eigenvalue weighted by molar-refractivity contribution is 14.1. The standard InChI is InChI=1S/C9H5Cl2IS/c10-3-5-7(12)1-2-8-9(5)6(11)4-13-8/h1-2,4H,3H2. The van der Waals surface area contributed by atoms with Crippen molar-refractivity contribution >= 4 is 67.2 Å². The number of rotatable bonds is 1. The van der Waals surface area contributed by atoms with Gasteiger partial charge in [0.15, 0.2) is 0 Å². The molecule has 1 aromatic carbocycles. The average Bonchev–Trinajstić information content (AvgIpc) is 2.49. The second-order valence-electron chi connectivity index (χ2n) is 2.62. The lowest BCUT2D eigenvalue weighted by molar-refractivity contribution is 1.42. The Balaban J connectivity index is 2.88. The summed E-state index contributed by atoms with van der Waals surface area (Å²) >= 11 is 15.9. The molecule has 0 aliphatic rings. The molecule has 0 saturated heterocycles. The highest BCUT2D eigenvalue weighted by atomic mass is 127. The number of alkyl halides is 1. The molecule has 2 rings (SSSR count).